The molecular formula is C23H31NO4. The maximum Gasteiger partial charge on any atom is 0.344 e. The molecule has 28 heavy (non-hydrogen) atoms. The van der Waals surface area contributed by atoms with Crippen LogP contribution in [-0.2, 0) is 14.3 Å². The van der Waals surface area contributed by atoms with E-state index < -0.39 is 12.1 Å². The van der Waals surface area contributed by atoms with Crippen LogP contribution < -0.4 is 10.1 Å². The van der Waals surface area contributed by atoms with E-state index >= 15 is 0 Å². The Morgan fingerprint density at radius 1 is 1.04 bits per heavy atom. The summed E-state index contributed by atoms with van der Waals surface area (Å²) in [7, 11) is 0. The van der Waals surface area contributed by atoms with Gasteiger partial charge in [-0.25, -0.2) is 4.79 Å². The van der Waals surface area contributed by atoms with E-state index in [0.717, 1.165) is 48.1 Å². The van der Waals surface area contributed by atoms with Gasteiger partial charge in [0, 0.05) is 5.54 Å². The second-order valence-electron chi connectivity index (χ2n) is 9.43. The molecule has 5 nitrogen and oxygen atoms in total. The zero-order valence-electron chi connectivity index (χ0n) is 17.1. The molecule has 0 unspecified atom stereocenters. The molecule has 1 N–H and O–H groups in total. The van der Waals surface area contributed by atoms with Crippen LogP contribution in [0, 0.1) is 31.6 Å². The highest BCUT2D eigenvalue weighted by Crippen LogP contribution is 2.55. The lowest BCUT2D eigenvalue weighted by Gasteiger charge is -2.57. The molecule has 1 atom stereocenters. The highest BCUT2D eigenvalue weighted by Gasteiger charge is 2.51. The third-order valence-corrected chi connectivity index (χ3v) is 6.66. The molecule has 0 radical (unpaired) electrons. The van der Waals surface area contributed by atoms with Gasteiger partial charge in [0.05, 0.1) is 0 Å². The van der Waals surface area contributed by atoms with Gasteiger partial charge in [-0.3, -0.25) is 4.79 Å². The van der Waals surface area contributed by atoms with Crippen molar-refractivity contribution in [3.8, 4) is 5.75 Å². The Bertz CT molecular complexity index is 716. The smallest absolute Gasteiger partial charge is 0.344 e. The summed E-state index contributed by atoms with van der Waals surface area (Å²) in [6.45, 7) is 5.41. The fourth-order valence-corrected chi connectivity index (χ4v) is 6.07. The molecular weight excluding hydrogens is 354 g/mol. The third-order valence-electron chi connectivity index (χ3n) is 6.66. The molecule has 0 heterocycles. The van der Waals surface area contributed by atoms with Crippen molar-refractivity contribution in [1.82, 2.24) is 5.32 Å². The SMILES string of the molecule is Cc1cc(C)cc(OCC(=O)O[C@@H](C)C(=O)NC23CC4CC(CC(C4)C2)C3)c1. The topological polar surface area (TPSA) is 64.6 Å². The average molecular weight is 386 g/mol. The van der Waals surface area contributed by atoms with Crippen LogP contribution in [0.2, 0.25) is 0 Å². The molecule has 4 fully saturated rings. The Labute approximate surface area is 167 Å². The standard InChI is InChI=1S/C23H31NO4/c1-14-4-15(2)6-20(5-14)27-13-21(25)28-16(3)22(26)24-23-10-17-7-18(11-23)9-19(8-17)12-23/h4-6,16-19H,7-13H2,1-3H3,(H,24,26)/t16-,17?,18?,19?,23?/m0/s1. The molecule has 4 saturated carbocycles. The molecule has 5 rings (SSSR count). The first-order chi connectivity index (χ1) is 13.3. The number of benzene rings is 1. The number of hydrogen-bond donors (Lipinski definition) is 1. The van der Waals surface area contributed by atoms with Crippen molar-refractivity contribution in [3.05, 3.63) is 29.3 Å². The van der Waals surface area contributed by atoms with Gasteiger partial charge >= 0.3 is 5.97 Å². The first-order valence-electron chi connectivity index (χ1n) is 10.5. The summed E-state index contributed by atoms with van der Waals surface area (Å²) in [5.74, 6) is 2.22. The van der Waals surface area contributed by atoms with Crippen LogP contribution in [0.3, 0.4) is 0 Å². The van der Waals surface area contributed by atoms with E-state index in [1.165, 1.54) is 19.3 Å². The van der Waals surface area contributed by atoms with E-state index in [4.69, 9.17) is 9.47 Å². The number of amides is 1. The maximum absolute atomic E-state index is 12.7. The van der Waals surface area contributed by atoms with Gasteiger partial charge in [0.1, 0.15) is 5.75 Å². The number of carbonyl (C=O) groups excluding carboxylic acids is 2. The Morgan fingerprint density at radius 2 is 1.57 bits per heavy atom. The van der Waals surface area contributed by atoms with Crippen LogP contribution in [0.1, 0.15) is 56.6 Å². The number of aryl methyl sites for hydroxylation is 2. The summed E-state index contributed by atoms with van der Waals surface area (Å²) in [5.41, 5.74) is 2.08. The molecule has 1 aromatic rings. The summed E-state index contributed by atoms with van der Waals surface area (Å²) >= 11 is 0. The Hall–Kier alpha value is -2.04. The summed E-state index contributed by atoms with van der Waals surface area (Å²) in [6, 6.07) is 5.80. The quantitative estimate of drug-likeness (QED) is 0.759. The van der Waals surface area contributed by atoms with Crippen LogP contribution in [0.25, 0.3) is 0 Å². The Balaban J connectivity index is 1.28. The van der Waals surface area contributed by atoms with Crippen LogP contribution in [0.5, 0.6) is 5.75 Å². The average Bonchev–Trinajstić information content (AvgIpc) is 2.57. The maximum atomic E-state index is 12.7. The van der Waals surface area contributed by atoms with Crippen molar-refractivity contribution in [1.29, 1.82) is 0 Å². The first-order valence-corrected chi connectivity index (χ1v) is 10.5. The minimum atomic E-state index is -0.802. The monoisotopic (exact) mass is 385 g/mol. The predicted molar refractivity (Wildman–Crippen MR) is 106 cm³/mol. The number of esters is 1. The van der Waals surface area contributed by atoms with E-state index in [0.29, 0.717) is 5.75 Å². The summed E-state index contributed by atoms with van der Waals surface area (Å²) in [5, 5.41) is 3.26. The second-order valence-corrected chi connectivity index (χ2v) is 9.43. The molecule has 4 aliphatic rings. The number of ether oxygens (including phenoxy) is 2. The van der Waals surface area contributed by atoms with Gasteiger partial charge in [0.15, 0.2) is 12.7 Å². The van der Waals surface area contributed by atoms with Crippen molar-refractivity contribution in [2.45, 2.75) is 70.9 Å². The van der Waals surface area contributed by atoms with E-state index in [2.05, 4.69) is 5.32 Å². The number of nitrogens with one attached hydrogen (secondary N) is 1. The van der Waals surface area contributed by atoms with Gasteiger partial charge in [0.25, 0.3) is 5.91 Å². The van der Waals surface area contributed by atoms with E-state index in [-0.39, 0.29) is 18.1 Å². The van der Waals surface area contributed by atoms with Crippen molar-refractivity contribution in [3.63, 3.8) is 0 Å². The molecule has 1 aromatic carbocycles. The predicted octanol–water partition coefficient (Wildman–Crippen LogP) is 3.70. The fraction of sp³-hybridized carbons (Fsp3) is 0.652. The van der Waals surface area contributed by atoms with E-state index in [1.54, 1.807) is 6.92 Å². The van der Waals surface area contributed by atoms with Crippen LogP contribution in [0.15, 0.2) is 18.2 Å². The van der Waals surface area contributed by atoms with Crippen molar-refractivity contribution in [2.24, 2.45) is 17.8 Å². The third kappa shape index (κ3) is 4.18. The molecule has 5 heteroatoms. The van der Waals surface area contributed by atoms with Gasteiger partial charge < -0.3 is 14.8 Å². The number of rotatable bonds is 6. The van der Waals surface area contributed by atoms with Crippen molar-refractivity contribution in [2.75, 3.05) is 6.61 Å². The number of hydrogen-bond acceptors (Lipinski definition) is 4. The van der Waals surface area contributed by atoms with Gasteiger partial charge in [-0.2, -0.15) is 0 Å². The number of carbonyl (C=O) groups is 2. The normalized spacial score (nSPS) is 31.3. The molecule has 1 amide bonds. The first kappa shape index (κ1) is 19.3. The molecule has 0 saturated heterocycles. The summed E-state index contributed by atoms with van der Waals surface area (Å²) in [6.07, 6.45) is 6.44. The van der Waals surface area contributed by atoms with Crippen LogP contribution in [-0.4, -0.2) is 30.1 Å². The lowest BCUT2D eigenvalue weighted by Crippen LogP contribution is -2.61. The lowest BCUT2D eigenvalue weighted by molar-refractivity contribution is -0.158. The van der Waals surface area contributed by atoms with Gasteiger partial charge in [-0.05, 0) is 100 Å². The lowest BCUT2D eigenvalue weighted by atomic mass is 9.53. The Kier molecular flexibility index (Phi) is 5.11. The molecule has 0 aromatic heterocycles. The summed E-state index contributed by atoms with van der Waals surface area (Å²) < 4.78 is 10.9. The Morgan fingerprint density at radius 3 is 2.11 bits per heavy atom. The zero-order chi connectivity index (χ0) is 19.9. The molecule has 0 aliphatic heterocycles. The minimum absolute atomic E-state index is 0.0674. The van der Waals surface area contributed by atoms with Gasteiger partial charge in [-0.15, -0.1) is 0 Å². The summed E-state index contributed by atoms with van der Waals surface area (Å²) in [4.78, 5) is 24.8. The van der Waals surface area contributed by atoms with Crippen LogP contribution >= 0.6 is 0 Å². The van der Waals surface area contributed by atoms with Crippen molar-refractivity contribution >= 4 is 11.9 Å². The highest BCUT2D eigenvalue weighted by atomic mass is 16.6. The molecule has 0 spiro atoms. The van der Waals surface area contributed by atoms with Crippen molar-refractivity contribution < 1.29 is 19.1 Å². The van der Waals surface area contributed by atoms with E-state index in [1.807, 2.05) is 32.0 Å². The molecule has 4 bridgehead atoms. The highest BCUT2D eigenvalue weighted by molar-refractivity contribution is 5.84. The molecule has 152 valence electrons. The van der Waals surface area contributed by atoms with Gasteiger partial charge in [-0.1, -0.05) is 6.07 Å². The zero-order valence-corrected chi connectivity index (χ0v) is 17.1. The molecule has 4 aliphatic carbocycles. The largest absolute Gasteiger partial charge is 0.482 e. The van der Waals surface area contributed by atoms with E-state index in [9.17, 15) is 9.59 Å². The fourth-order valence-electron chi connectivity index (χ4n) is 6.07. The van der Waals surface area contributed by atoms with Crippen LogP contribution in [0.4, 0.5) is 0 Å². The minimum Gasteiger partial charge on any atom is -0.482 e. The van der Waals surface area contributed by atoms with Gasteiger partial charge in [0.2, 0.25) is 0 Å². The second kappa shape index (κ2) is 7.41.